The smallest absolute Gasteiger partial charge is 0.304 e. The number of nitrogens with zero attached hydrogens (tertiary/aromatic N) is 1. The minimum absolute atomic E-state index is 0.122. The molecule has 200 valence electrons. The fraction of sp³-hybridized carbons (Fsp3) is 0.393. The molecule has 2 heterocycles. The zero-order valence-electron chi connectivity index (χ0n) is 21.2. The summed E-state index contributed by atoms with van der Waals surface area (Å²) in [6.07, 6.45) is -0.188. The zero-order chi connectivity index (χ0) is 27.1. The van der Waals surface area contributed by atoms with Crippen molar-refractivity contribution in [1.29, 1.82) is 0 Å². The lowest BCUT2D eigenvalue weighted by molar-refractivity contribution is -0.159. The average molecular weight is 521 g/mol. The van der Waals surface area contributed by atoms with Crippen molar-refractivity contribution in [3.8, 4) is 0 Å². The lowest BCUT2D eigenvalue weighted by atomic mass is 10.0. The van der Waals surface area contributed by atoms with Gasteiger partial charge in [0.25, 0.3) is 12.1 Å². The number of benzene rings is 2. The second kappa shape index (κ2) is 12.4. The first-order chi connectivity index (χ1) is 18.3. The van der Waals surface area contributed by atoms with E-state index in [0.29, 0.717) is 25.8 Å². The Morgan fingerprint density at radius 3 is 2.13 bits per heavy atom. The molecule has 3 N–H and O–H groups in total. The molecule has 1 unspecified atom stereocenters. The van der Waals surface area contributed by atoms with Crippen LogP contribution in [0.3, 0.4) is 0 Å². The predicted molar refractivity (Wildman–Crippen MR) is 137 cm³/mol. The van der Waals surface area contributed by atoms with Crippen LogP contribution in [0, 0.1) is 0 Å². The second-order valence-corrected chi connectivity index (χ2v) is 9.60. The Balaban J connectivity index is 1.66. The molecule has 4 rings (SSSR count). The van der Waals surface area contributed by atoms with Crippen LogP contribution in [0.4, 0.5) is 0 Å². The number of fused-ring (bicyclic) bond motifs is 1. The Hall–Kier alpha value is -4.21. The van der Waals surface area contributed by atoms with Gasteiger partial charge >= 0.3 is 5.97 Å². The summed E-state index contributed by atoms with van der Waals surface area (Å²) in [6.45, 7) is 1.47. The molecule has 2 saturated heterocycles. The minimum atomic E-state index is -1.60. The molecule has 2 aliphatic heterocycles. The maximum atomic E-state index is 13.7. The summed E-state index contributed by atoms with van der Waals surface area (Å²) >= 11 is 0. The molecule has 4 amide bonds. The van der Waals surface area contributed by atoms with Gasteiger partial charge in [-0.1, -0.05) is 60.7 Å². The third-order valence-electron chi connectivity index (χ3n) is 6.65. The van der Waals surface area contributed by atoms with E-state index in [0.717, 1.165) is 18.1 Å². The van der Waals surface area contributed by atoms with Gasteiger partial charge < -0.3 is 25.6 Å². The summed E-state index contributed by atoms with van der Waals surface area (Å²) in [4.78, 5) is 66.5. The second-order valence-electron chi connectivity index (χ2n) is 9.60. The van der Waals surface area contributed by atoms with Crippen molar-refractivity contribution < 1.29 is 28.7 Å². The Bertz CT molecular complexity index is 1170. The van der Waals surface area contributed by atoms with E-state index in [2.05, 4.69) is 16.0 Å². The highest BCUT2D eigenvalue weighted by Crippen LogP contribution is 2.21. The van der Waals surface area contributed by atoms with Crippen LogP contribution >= 0.6 is 0 Å². The summed E-state index contributed by atoms with van der Waals surface area (Å²) in [5, 5.41) is 8.11. The van der Waals surface area contributed by atoms with Crippen LogP contribution < -0.4 is 16.0 Å². The molecular weight excluding hydrogens is 488 g/mol. The lowest BCUT2D eigenvalue weighted by Gasteiger charge is -2.29. The molecule has 2 aliphatic rings. The molecule has 0 spiro atoms. The van der Waals surface area contributed by atoms with Crippen LogP contribution in [-0.2, 0) is 41.6 Å². The normalized spacial score (nSPS) is 24.6. The molecule has 10 heteroatoms. The van der Waals surface area contributed by atoms with Gasteiger partial charge in [-0.3, -0.25) is 24.0 Å². The quantitative estimate of drug-likeness (QED) is 0.501. The monoisotopic (exact) mass is 520 g/mol. The highest BCUT2D eigenvalue weighted by atomic mass is 16.6. The SMILES string of the molecule is CC(=O)OC1NC(=O)[C@H]2CCCN2C(=O)[C@H](Cc2ccccc2)NC(=O)C[C@@H](Cc2ccccc2)NC1=O. The number of hydrogen-bond donors (Lipinski definition) is 3. The third kappa shape index (κ3) is 6.96. The van der Waals surface area contributed by atoms with Gasteiger partial charge in [-0.15, -0.1) is 0 Å². The van der Waals surface area contributed by atoms with Crippen LogP contribution in [0.1, 0.15) is 37.3 Å². The Labute approximate surface area is 221 Å². The van der Waals surface area contributed by atoms with Gasteiger partial charge in [0.05, 0.1) is 0 Å². The number of esters is 1. The molecule has 2 aromatic rings. The van der Waals surface area contributed by atoms with Crippen molar-refractivity contribution in [1.82, 2.24) is 20.9 Å². The van der Waals surface area contributed by atoms with Crippen LogP contribution in [0.15, 0.2) is 60.7 Å². The molecule has 2 fully saturated rings. The topological polar surface area (TPSA) is 134 Å². The number of hydrogen-bond acceptors (Lipinski definition) is 6. The highest BCUT2D eigenvalue weighted by molar-refractivity contribution is 5.95. The molecule has 0 bridgehead atoms. The molecule has 0 saturated carbocycles. The maximum absolute atomic E-state index is 13.7. The zero-order valence-corrected chi connectivity index (χ0v) is 21.2. The van der Waals surface area contributed by atoms with E-state index >= 15 is 0 Å². The van der Waals surface area contributed by atoms with Gasteiger partial charge in [0, 0.05) is 32.4 Å². The number of ether oxygens (including phenoxy) is 1. The van der Waals surface area contributed by atoms with Gasteiger partial charge in [-0.05, 0) is 30.4 Å². The molecule has 4 atom stereocenters. The standard InChI is InChI=1S/C28H32N4O6/c1-18(33)38-27-26(36)29-21(15-19-9-4-2-5-10-19)17-24(34)30-22(16-20-11-6-3-7-12-20)28(37)32-14-8-13-23(32)25(35)31-27/h2-7,9-12,21-23,27H,8,13-17H2,1H3,(H,29,36)(H,30,34)(H,31,35)/t21-,22+,23-,27?/m1/s1. The van der Waals surface area contributed by atoms with Crippen molar-refractivity contribution in [3.05, 3.63) is 71.8 Å². The first-order valence-corrected chi connectivity index (χ1v) is 12.8. The third-order valence-corrected chi connectivity index (χ3v) is 6.65. The van der Waals surface area contributed by atoms with E-state index in [1.54, 1.807) is 0 Å². The fourth-order valence-corrected chi connectivity index (χ4v) is 4.92. The van der Waals surface area contributed by atoms with Gasteiger partial charge in [0.1, 0.15) is 12.1 Å². The molecule has 38 heavy (non-hydrogen) atoms. The van der Waals surface area contributed by atoms with Gasteiger partial charge in [0.15, 0.2) is 0 Å². The highest BCUT2D eigenvalue weighted by Gasteiger charge is 2.40. The van der Waals surface area contributed by atoms with Crippen molar-refractivity contribution in [2.75, 3.05) is 6.54 Å². The maximum Gasteiger partial charge on any atom is 0.304 e. The Kier molecular flexibility index (Phi) is 8.73. The Morgan fingerprint density at radius 1 is 0.868 bits per heavy atom. The fourth-order valence-electron chi connectivity index (χ4n) is 4.92. The van der Waals surface area contributed by atoms with Crippen LogP contribution in [-0.4, -0.2) is 65.4 Å². The summed E-state index contributed by atoms with van der Waals surface area (Å²) in [6, 6.07) is 16.2. The summed E-state index contributed by atoms with van der Waals surface area (Å²) in [7, 11) is 0. The van der Waals surface area contributed by atoms with Gasteiger partial charge in [0.2, 0.25) is 17.7 Å². The van der Waals surface area contributed by atoms with E-state index in [9.17, 15) is 24.0 Å². The van der Waals surface area contributed by atoms with Crippen molar-refractivity contribution in [2.45, 2.75) is 63.4 Å². The minimum Gasteiger partial charge on any atom is -0.432 e. The first kappa shape index (κ1) is 26.8. The summed E-state index contributed by atoms with van der Waals surface area (Å²) in [5.41, 5.74) is 1.74. The number of amides is 4. The van der Waals surface area contributed by atoms with Gasteiger partial charge in [-0.25, -0.2) is 0 Å². The van der Waals surface area contributed by atoms with Crippen LogP contribution in [0.25, 0.3) is 0 Å². The molecule has 0 radical (unpaired) electrons. The van der Waals surface area contributed by atoms with E-state index in [1.165, 1.54) is 4.90 Å². The van der Waals surface area contributed by atoms with Gasteiger partial charge in [-0.2, -0.15) is 0 Å². The molecule has 10 nitrogen and oxygen atoms in total. The van der Waals surface area contributed by atoms with E-state index in [4.69, 9.17) is 4.74 Å². The van der Waals surface area contributed by atoms with Crippen molar-refractivity contribution in [2.24, 2.45) is 0 Å². The van der Waals surface area contributed by atoms with E-state index < -0.39 is 48.0 Å². The van der Waals surface area contributed by atoms with Crippen molar-refractivity contribution in [3.63, 3.8) is 0 Å². The Morgan fingerprint density at radius 2 is 1.50 bits per heavy atom. The molecular formula is C28H32N4O6. The van der Waals surface area contributed by atoms with Crippen LogP contribution in [0.5, 0.6) is 0 Å². The number of carbonyl (C=O) groups is 5. The van der Waals surface area contributed by atoms with Crippen molar-refractivity contribution >= 4 is 29.6 Å². The number of carbonyl (C=O) groups excluding carboxylic acids is 5. The molecule has 0 aliphatic carbocycles. The first-order valence-electron chi connectivity index (χ1n) is 12.8. The average Bonchev–Trinajstić information content (AvgIpc) is 3.38. The number of rotatable bonds is 5. The largest absolute Gasteiger partial charge is 0.432 e. The summed E-state index contributed by atoms with van der Waals surface area (Å²) < 4.78 is 5.12. The van der Waals surface area contributed by atoms with Crippen LogP contribution in [0.2, 0.25) is 0 Å². The predicted octanol–water partition coefficient (Wildman–Crippen LogP) is 0.842. The summed E-state index contributed by atoms with van der Waals surface area (Å²) in [5.74, 6) is -2.89. The lowest BCUT2D eigenvalue weighted by Crippen LogP contribution is -2.57. The van der Waals surface area contributed by atoms with E-state index in [-0.39, 0.29) is 18.7 Å². The molecule has 0 aromatic heterocycles. The molecule has 2 aromatic carbocycles. The van der Waals surface area contributed by atoms with E-state index in [1.807, 2.05) is 60.7 Å². The number of nitrogens with one attached hydrogen (secondary N) is 3.